The average molecular weight is 329 g/mol. The zero-order chi connectivity index (χ0) is 14.6. The van der Waals surface area contributed by atoms with E-state index >= 15 is 0 Å². The Morgan fingerprint density at radius 1 is 1.42 bits per heavy atom. The second-order valence-corrected chi connectivity index (χ2v) is 5.58. The first kappa shape index (κ1) is 15.5. The van der Waals surface area contributed by atoms with Gasteiger partial charge in [-0.15, -0.1) is 0 Å². The van der Waals surface area contributed by atoms with Crippen molar-refractivity contribution in [1.82, 2.24) is 0 Å². The molecule has 0 aliphatic carbocycles. The topological polar surface area (TPSA) is 92.4 Å². The van der Waals surface area contributed by atoms with Gasteiger partial charge in [-0.3, -0.25) is 4.79 Å². The highest BCUT2D eigenvalue weighted by Crippen LogP contribution is 2.25. The summed E-state index contributed by atoms with van der Waals surface area (Å²) in [5, 5.41) is 12.1. The third kappa shape index (κ3) is 4.55. The fourth-order valence-electron chi connectivity index (χ4n) is 1.67. The molecule has 5 nitrogen and oxygen atoms in total. The summed E-state index contributed by atoms with van der Waals surface area (Å²) in [7, 11) is 0. The first-order valence-electron chi connectivity index (χ1n) is 5.90. The van der Waals surface area contributed by atoms with Gasteiger partial charge in [0.1, 0.15) is 6.04 Å². The van der Waals surface area contributed by atoms with Crippen molar-refractivity contribution in [2.24, 2.45) is 11.7 Å². The number of halogens is 1. The minimum absolute atomic E-state index is 0.261. The molecule has 0 heterocycles. The van der Waals surface area contributed by atoms with Crippen LogP contribution in [-0.4, -0.2) is 23.0 Å². The van der Waals surface area contributed by atoms with Gasteiger partial charge in [-0.05, 0) is 46.5 Å². The van der Waals surface area contributed by atoms with E-state index < -0.39 is 17.9 Å². The van der Waals surface area contributed by atoms with Gasteiger partial charge in [-0.25, -0.2) is 4.79 Å². The Labute approximate surface area is 120 Å². The largest absolute Gasteiger partial charge is 0.480 e. The molecule has 0 aliphatic rings. The molecule has 1 amide bonds. The molecule has 0 saturated heterocycles. The van der Waals surface area contributed by atoms with Crippen LogP contribution >= 0.6 is 15.9 Å². The Morgan fingerprint density at radius 2 is 2.05 bits per heavy atom. The number of carboxylic acids is 1. The number of amides is 1. The first-order valence-corrected chi connectivity index (χ1v) is 6.69. The molecule has 0 fully saturated rings. The maximum absolute atomic E-state index is 11.2. The molecule has 19 heavy (non-hydrogen) atoms. The van der Waals surface area contributed by atoms with Crippen LogP contribution in [0.3, 0.4) is 0 Å². The number of primary amides is 1. The highest BCUT2D eigenvalue weighted by Gasteiger charge is 2.19. The van der Waals surface area contributed by atoms with Crippen LogP contribution in [0.2, 0.25) is 0 Å². The second-order valence-electron chi connectivity index (χ2n) is 4.72. The van der Waals surface area contributed by atoms with Gasteiger partial charge in [0.2, 0.25) is 5.91 Å². The summed E-state index contributed by atoms with van der Waals surface area (Å²) in [6.07, 6.45) is 0.513. The zero-order valence-electron chi connectivity index (χ0n) is 10.8. The number of carbonyl (C=O) groups is 2. The summed E-state index contributed by atoms with van der Waals surface area (Å²) in [5.41, 5.74) is 6.17. The summed E-state index contributed by atoms with van der Waals surface area (Å²) < 4.78 is 0.610. The minimum Gasteiger partial charge on any atom is -0.480 e. The maximum atomic E-state index is 11.2. The van der Waals surface area contributed by atoms with Gasteiger partial charge in [0.15, 0.2) is 0 Å². The van der Waals surface area contributed by atoms with Gasteiger partial charge in [0.05, 0.1) is 0 Å². The molecule has 1 unspecified atom stereocenters. The van der Waals surface area contributed by atoms with E-state index in [-0.39, 0.29) is 5.92 Å². The molecule has 0 aromatic heterocycles. The second kappa shape index (κ2) is 6.56. The number of carbonyl (C=O) groups excluding carboxylic acids is 1. The summed E-state index contributed by atoms with van der Waals surface area (Å²) in [6, 6.07) is 4.10. The van der Waals surface area contributed by atoms with Crippen LogP contribution in [0.25, 0.3) is 0 Å². The van der Waals surface area contributed by atoms with Gasteiger partial charge in [-0.1, -0.05) is 13.8 Å². The minimum atomic E-state index is -0.903. The lowest BCUT2D eigenvalue weighted by Gasteiger charge is -2.18. The lowest BCUT2D eigenvalue weighted by Crippen LogP contribution is -2.30. The molecule has 0 saturated carbocycles. The third-order valence-corrected chi connectivity index (χ3v) is 3.24. The van der Waals surface area contributed by atoms with E-state index in [1.807, 2.05) is 13.8 Å². The number of benzene rings is 1. The van der Waals surface area contributed by atoms with Crippen LogP contribution in [0.4, 0.5) is 5.69 Å². The number of hydrogen-bond donors (Lipinski definition) is 3. The van der Waals surface area contributed by atoms with Crippen molar-refractivity contribution in [3.8, 4) is 0 Å². The summed E-state index contributed by atoms with van der Waals surface area (Å²) in [4.78, 5) is 22.2. The van der Waals surface area contributed by atoms with E-state index in [4.69, 9.17) is 10.8 Å². The Hall–Kier alpha value is -1.56. The molecule has 6 heteroatoms. The zero-order valence-corrected chi connectivity index (χ0v) is 12.4. The third-order valence-electron chi connectivity index (χ3n) is 2.59. The highest BCUT2D eigenvalue weighted by molar-refractivity contribution is 9.10. The smallest absolute Gasteiger partial charge is 0.326 e. The number of anilines is 1. The van der Waals surface area contributed by atoms with Crippen molar-refractivity contribution >= 4 is 33.5 Å². The molecule has 1 atom stereocenters. The molecule has 1 rings (SSSR count). The number of hydrogen-bond acceptors (Lipinski definition) is 3. The van der Waals surface area contributed by atoms with Gasteiger partial charge in [0.25, 0.3) is 0 Å². The quantitative estimate of drug-likeness (QED) is 0.747. The Kier molecular flexibility index (Phi) is 5.35. The molecule has 1 aromatic rings. The van der Waals surface area contributed by atoms with E-state index in [1.54, 1.807) is 18.2 Å². The van der Waals surface area contributed by atoms with Crippen LogP contribution in [0.5, 0.6) is 0 Å². The van der Waals surface area contributed by atoms with Crippen molar-refractivity contribution in [2.75, 3.05) is 5.32 Å². The average Bonchev–Trinajstić information content (AvgIpc) is 2.29. The SMILES string of the molecule is CC(C)CC(Nc1ccc(C(N)=O)cc1Br)C(=O)O. The van der Waals surface area contributed by atoms with Crippen LogP contribution in [0, 0.1) is 5.92 Å². The molecular weight excluding hydrogens is 312 g/mol. The predicted octanol–water partition coefficient (Wildman–Crippen LogP) is 2.46. The van der Waals surface area contributed by atoms with Gasteiger partial charge < -0.3 is 16.2 Å². The molecule has 0 spiro atoms. The summed E-state index contributed by atoms with van der Waals surface area (Å²) >= 11 is 3.30. The van der Waals surface area contributed by atoms with Crippen molar-refractivity contribution in [3.05, 3.63) is 28.2 Å². The normalized spacial score (nSPS) is 12.2. The van der Waals surface area contributed by atoms with Crippen molar-refractivity contribution in [3.63, 3.8) is 0 Å². The van der Waals surface area contributed by atoms with E-state index in [2.05, 4.69) is 21.2 Å². The first-order chi connectivity index (χ1) is 8.81. The van der Waals surface area contributed by atoms with Crippen LogP contribution in [0.1, 0.15) is 30.6 Å². The van der Waals surface area contributed by atoms with Gasteiger partial charge >= 0.3 is 5.97 Å². The van der Waals surface area contributed by atoms with E-state index in [0.29, 0.717) is 22.1 Å². The number of rotatable bonds is 6. The standard InChI is InChI=1S/C13H17BrN2O3/c1-7(2)5-11(13(18)19)16-10-4-3-8(12(15)17)6-9(10)14/h3-4,6-7,11,16H,5H2,1-2H3,(H2,15,17)(H,18,19). The molecule has 0 aliphatic heterocycles. The predicted molar refractivity (Wildman–Crippen MR) is 77.2 cm³/mol. The lowest BCUT2D eigenvalue weighted by molar-refractivity contribution is -0.138. The Balaban J connectivity index is 2.91. The monoisotopic (exact) mass is 328 g/mol. The lowest BCUT2D eigenvalue weighted by atomic mass is 10.0. The van der Waals surface area contributed by atoms with Crippen molar-refractivity contribution in [2.45, 2.75) is 26.3 Å². The molecule has 1 aromatic carbocycles. The number of carboxylic acid groups (broad SMARTS) is 1. The number of nitrogens with one attached hydrogen (secondary N) is 1. The fraction of sp³-hybridized carbons (Fsp3) is 0.385. The van der Waals surface area contributed by atoms with E-state index in [1.165, 1.54) is 0 Å². The van der Waals surface area contributed by atoms with Crippen molar-refractivity contribution in [1.29, 1.82) is 0 Å². The van der Waals surface area contributed by atoms with Crippen LogP contribution in [-0.2, 0) is 4.79 Å². The van der Waals surface area contributed by atoms with Crippen LogP contribution < -0.4 is 11.1 Å². The summed E-state index contributed by atoms with van der Waals surface area (Å²) in [6.45, 7) is 3.92. The van der Waals surface area contributed by atoms with Crippen molar-refractivity contribution < 1.29 is 14.7 Å². The molecule has 0 radical (unpaired) electrons. The molecule has 4 N–H and O–H groups in total. The molecule has 0 bridgehead atoms. The molecular formula is C13H17BrN2O3. The number of aliphatic carboxylic acids is 1. The summed E-state index contributed by atoms with van der Waals surface area (Å²) in [5.74, 6) is -1.17. The fourth-order valence-corrected chi connectivity index (χ4v) is 2.16. The number of nitrogens with two attached hydrogens (primary N) is 1. The van der Waals surface area contributed by atoms with Crippen LogP contribution in [0.15, 0.2) is 22.7 Å². The van der Waals surface area contributed by atoms with E-state index in [9.17, 15) is 9.59 Å². The Morgan fingerprint density at radius 3 is 2.47 bits per heavy atom. The highest BCUT2D eigenvalue weighted by atomic mass is 79.9. The maximum Gasteiger partial charge on any atom is 0.326 e. The van der Waals surface area contributed by atoms with Gasteiger partial charge in [0, 0.05) is 15.7 Å². The van der Waals surface area contributed by atoms with E-state index in [0.717, 1.165) is 0 Å². The molecule has 104 valence electrons. The van der Waals surface area contributed by atoms with Gasteiger partial charge in [-0.2, -0.15) is 0 Å². The Bertz CT molecular complexity index is 489.